The number of allylic oxidation sites excluding steroid dienone is 2. The fourth-order valence-electron chi connectivity index (χ4n) is 6.28. The Labute approximate surface area is 306 Å². The standard InChI is InChI=1S/C28H23F3NS.C13H24O2.Ir/c1-16-11-17(2)13-18(12-16)26-23-6-5-21-20(22(23)9-10-32-26)7-8-25-24(21)14-19(33-25)15-27(3,4)28(29,30)31;1-5-10(6-2)12(14)9-13(15)11(7-3)8-4;/h5-12,14H,15H2,1-4H3;9-11,14H,5-8H2,1-4H3;/q-1;;/b;12-9-;. The first-order chi connectivity index (χ1) is 22.6. The average Bonchev–Trinajstić information content (AvgIpc) is 3.43. The number of nitrogens with zero attached hydrogens (tertiary/aromatic N) is 1. The predicted octanol–water partition coefficient (Wildman–Crippen LogP) is 12.7. The maximum atomic E-state index is 13.4. The molecule has 0 saturated carbocycles. The van der Waals surface area contributed by atoms with E-state index in [1.54, 1.807) is 0 Å². The Kier molecular flexibility index (Phi) is 13.8. The summed E-state index contributed by atoms with van der Waals surface area (Å²) in [5.41, 5.74) is 2.32. The molecule has 0 atom stereocenters. The number of halogens is 3. The van der Waals surface area contributed by atoms with Crippen LogP contribution in [0.5, 0.6) is 0 Å². The van der Waals surface area contributed by atoms with Crippen LogP contribution in [-0.2, 0) is 31.3 Å². The summed E-state index contributed by atoms with van der Waals surface area (Å²) in [6.45, 7) is 14.7. The molecule has 1 radical (unpaired) electrons. The molecule has 0 spiro atoms. The molecule has 0 aliphatic rings. The van der Waals surface area contributed by atoms with Gasteiger partial charge in [0.1, 0.15) is 0 Å². The van der Waals surface area contributed by atoms with Gasteiger partial charge in [0.15, 0.2) is 5.78 Å². The number of aromatic nitrogens is 1. The van der Waals surface area contributed by atoms with Gasteiger partial charge in [-0.3, -0.25) is 4.79 Å². The van der Waals surface area contributed by atoms with E-state index in [4.69, 9.17) is 0 Å². The Balaban J connectivity index is 0.000000347. The third-order valence-corrected chi connectivity index (χ3v) is 10.5. The minimum atomic E-state index is -4.24. The van der Waals surface area contributed by atoms with Crippen molar-refractivity contribution in [2.24, 2.45) is 17.3 Å². The quantitative estimate of drug-likeness (QED) is 0.0658. The third kappa shape index (κ3) is 9.19. The van der Waals surface area contributed by atoms with Gasteiger partial charge in [-0.1, -0.05) is 73.6 Å². The van der Waals surface area contributed by atoms with Crippen LogP contribution < -0.4 is 0 Å². The summed E-state index contributed by atoms with van der Waals surface area (Å²) in [5.74, 6) is 0.547. The van der Waals surface area contributed by atoms with Crippen LogP contribution in [-0.4, -0.2) is 22.1 Å². The van der Waals surface area contributed by atoms with Gasteiger partial charge in [0, 0.05) is 59.2 Å². The monoisotopic (exact) mass is 867 g/mol. The van der Waals surface area contributed by atoms with Crippen LogP contribution in [0.3, 0.4) is 0 Å². The number of aliphatic hydroxyl groups excluding tert-OH is 1. The fraction of sp³-hybridized carbons (Fsp3) is 0.415. The molecular formula is C41H47F3IrNO2S-. The number of carbonyl (C=O) groups excluding carboxylic acids is 1. The van der Waals surface area contributed by atoms with Gasteiger partial charge < -0.3 is 10.1 Å². The number of fused-ring (bicyclic) bond motifs is 5. The van der Waals surface area contributed by atoms with Gasteiger partial charge >= 0.3 is 6.18 Å². The van der Waals surface area contributed by atoms with Crippen molar-refractivity contribution in [1.82, 2.24) is 4.98 Å². The molecule has 0 amide bonds. The van der Waals surface area contributed by atoms with Gasteiger partial charge in [-0.2, -0.15) is 13.2 Å². The van der Waals surface area contributed by atoms with Crippen LogP contribution in [0.15, 0.2) is 66.6 Å². The Morgan fingerprint density at radius 2 is 1.43 bits per heavy atom. The summed E-state index contributed by atoms with van der Waals surface area (Å²) in [4.78, 5) is 17.1. The van der Waals surface area contributed by atoms with Crippen LogP contribution in [0.4, 0.5) is 13.2 Å². The normalized spacial score (nSPS) is 12.5. The van der Waals surface area contributed by atoms with Crippen LogP contribution >= 0.6 is 11.3 Å². The number of ketones is 1. The number of thiophene rings is 1. The Morgan fingerprint density at radius 3 is 2.02 bits per heavy atom. The second kappa shape index (κ2) is 16.8. The molecule has 0 bridgehead atoms. The fourth-order valence-corrected chi connectivity index (χ4v) is 7.59. The Hall–Kier alpha value is -3.06. The van der Waals surface area contributed by atoms with Crippen molar-refractivity contribution < 1.29 is 43.2 Å². The molecule has 49 heavy (non-hydrogen) atoms. The van der Waals surface area contributed by atoms with Crippen molar-refractivity contribution in [1.29, 1.82) is 0 Å². The number of carbonyl (C=O) groups is 1. The van der Waals surface area contributed by atoms with Crippen molar-refractivity contribution in [3.8, 4) is 11.3 Å². The van der Waals surface area contributed by atoms with Crippen molar-refractivity contribution in [2.75, 3.05) is 0 Å². The molecule has 3 aromatic carbocycles. The number of aliphatic hydroxyl groups is 1. The van der Waals surface area contributed by atoms with E-state index >= 15 is 0 Å². The number of pyridine rings is 1. The van der Waals surface area contributed by atoms with E-state index in [0.717, 1.165) is 84.6 Å². The van der Waals surface area contributed by atoms with Gasteiger partial charge in [0.25, 0.3) is 0 Å². The first-order valence-electron chi connectivity index (χ1n) is 16.9. The second-order valence-electron chi connectivity index (χ2n) is 13.4. The molecule has 265 valence electrons. The van der Waals surface area contributed by atoms with Crippen molar-refractivity contribution in [3.63, 3.8) is 0 Å². The van der Waals surface area contributed by atoms with Crippen molar-refractivity contribution in [2.45, 2.75) is 93.7 Å². The van der Waals surface area contributed by atoms with Crippen molar-refractivity contribution in [3.05, 3.63) is 88.6 Å². The number of alkyl halides is 3. The molecule has 0 saturated heterocycles. The molecule has 8 heteroatoms. The van der Waals surface area contributed by atoms with Gasteiger partial charge in [-0.05, 0) is 77.5 Å². The number of hydrogen-bond donors (Lipinski definition) is 1. The molecule has 0 aliphatic heterocycles. The zero-order valence-corrected chi connectivity index (χ0v) is 32.9. The number of hydrogen-bond acceptors (Lipinski definition) is 4. The minimum absolute atomic E-state index is 0. The molecule has 1 N–H and O–H groups in total. The Morgan fingerprint density at radius 1 is 0.857 bits per heavy atom. The SMILES string of the molecule is CCC(CC)C(=O)/C=C(\O)C(CC)CC.Cc1[c-]c(-c2nccc3c2ccc2c4cc(CC(C)(C)C(F)(F)F)sc4ccc32)cc(C)c1.[Ir]. The van der Waals surface area contributed by atoms with Crippen LogP contribution in [0.1, 0.15) is 83.2 Å². The summed E-state index contributed by atoms with van der Waals surface area (Å²) < 4.78 is 41.3. The first kappa shape index (κ1) is 40.4. The smallest absolute Gasteiger partial charge is 0.394 e. The van der Waals surface area contributed by atoms with Crippen LogP contribution in [0, 0.1) is 37.2 Å². The summed E-state index contributed by atoms with van der Waals surface area (Å²) in [7, 11) is 0. The molecule has 5 aromatic rings. The van der Waals surface area contributed by atoms with Gasteiger partial charge in [-0.15, -0.1) is 46.2 Å². The zero-order valence-electron chi connectivity index (χ0n) is 29.6. The summed E-state index contributed by atoms with van der Waals surface area (Å²) in [6, 6.07) is 19.8. The van der Waals surface area contributed by atoms with E-state index in [9.17, 15) is 23.1 Å². The maximum absolute atomic E-state index is 13.4. The number of rotatable bonds is 10. The molecular weight excluding hydrogens is 820 g/mol. The van der Waals surface area contributed by atoms with E-state index in [1.807, 2.05) is 59.0 Å². The Bertz CT molecular complexity index is 1910. The van der Waals surface area contributed by atoms with E-state index < -0.39 is 11.6 Å². The van der Waals surface area contributed by atoms with E-state index in [1.165, 1.54) is 31.3 Å². The number of aryl methyl sites for hydroxylation is 2. The molecule has 0 fully saturated rings. The summed E-state index contributed by atoms with van der Waals surface area (Å²) in [5, 5.41) is 15.0. The molecule has 3 nitrogen and oxygen atoms in total. The summed E-state index contributed by atoms with van der Waals surface area (Å²) in [6.07, 6.45) is 2.46. The molecule has 0 unspecified atom stereocenters. The van der Waals surface area contributed by atoms with Crippen LogP contribution in [0.25, 0.3) is 42.9 Å². The average molecular weight is 867 g/mol. The minimum Gasteiger partial charge on any atom is -0.512 e. The first-order valence-corrected chi connectivity index (χ1v) is 17.7. The van der Waals surface area contributed by atoms with E-state index in [-0.39, 0.29) is 49.9 Å². The molecule has 0 aliphatic carbocycles. The van der Waals surface area contributed by atoms with Crippen LogP contribution in [0.2, 0.25) is 0 Å². The summed E-state index contributed by atoms with van der Waals surface area (Å²) >= 11 is 1.45. The topological polar surface area (TPSA) is 50.2 Å². The van der Waals surface area contributed by atoms with Gasteiger partial charge in [-0.25, -0.2) is 0 Å². The maximum Gasteiger partial charge on any atom is 0.394 e. The zero-order chi connectivity index (χ0) is 35.4. The van der Waals surface area contributed by atoms with E-state index in [2.05, 4.69) is 48.3 Å². The van der Waals surface area contributed by atoms with Crippen molar-refractivity contribution >= 4 is 48.8 Å². The largest absolute Gasteiger partial charge is 0.512 e. The number of benzene rings is 3. The molecule has 2 heterocycles. The predicted molar refractivity (Wildman–Crippen MR) is 196 cm³/mol. The molecule has 2 aromatic heterocycles. The van der Waals surface area contributed by atoms with Gasteiger partial charge in [0.2, 0.25) is 0 Å². The van der Waals surface area contributed by atoms with Gasteiger partial charge in [0.05, 0.1) is 11.2 Å². The van der Waals surface area contributed by atoms with E-state index in [0.29, 0.717) is 0 Å². The third-order valence-electron chi connectivity index (χ3n) is 9.36. The molecule has 5 rings (SSSR count). The second-order valence-corrected chi connectivity index (χ2v) is 14.6.